The molecule has 102 valence electrons. The average Bonchev–Trinajstić information content (AvgIpc) is 2.98. The molecular weight excluding hydrogens is 410 g/mol. The van der Waals surface area contributed by atoms with Crippen molar-refractivity contribution in [2.45, 2.75) is 31.7 Å². The minimum Gasteiger partial charge on any atom is -0.314 e. The van der Waals surface area contributed by atoms with Crippen molar-refractivity contribution >= 4 is 54.5 Å². The fraction of sp³-hybridized carbons (Fsp3) is 0.500. The first-order chi connectivity index (χ1) is 9.22. The first-order valence-electron chi connectivity index (χ1n) is 6.23. The molecule has 1 fully saturated rings. The van der Waals surface area contributed by atoms with E-state index in [4.69, 9.17) is 0 Å². The molecule has 0 amide bonds. The van der Waals surface area contributed by atoms with Crippen molar-refractivity contribution in [3.63, 3.8) is 0 Å². The van der Waals surface area contributed by atoms with Crippen LogP contribution in [0, 0.1) is 0 Å². The molecule has 19 heavy (non-hydrogen) atoms. The van der Waals surface area contributed by atoms with Gasteiger partial charge in [-0.3, -0.25) is 0 Å². The molecule has 0 bridgehead atoms. The van der Waals surface area contributed by atoms with Gasteiger partial charge in [-0.1, -0.05) is 11.3 Å². The summed E-state index contributed by atoms with van der Waals surface area (Å²) < 4.78 is 2.22. The van der Waals surface area contributed by atoms with E-state index in [1.54, 1.807) is 22.7 Å². The molecule has 0 saturated heterocycles. The molecular formula is C12H13Br2N3S2. The fourth-order valence-corrected chi connectivity index (χ4v) is 5.69. The molecule has 2 aromatic heterocycles. The van der Waals surface area contributed by atoms with Gasteiger partial charge in [-0.2, -0.15) is 0 Å². The lowest BCUT2D eigenvalue weighted by Gasteiger charge is -1.99. The summed E-state index contributed by atoms with van der Waals surface area (Å²) in [6.45, 7) is 1.09. The van der Waals surface area contributed by atoms with Gasteiger partial charge in [0.25, 0.3) is 0 Å². The zero-order chi connectivity index (χ0) is 13.2. The molecule has 0 radical (unpaired) electrons. The van der Waals surface area contributed by atoms with Crippen molar-refractivity contribution in [1.29, 1.82) is 0 Å². The number of nitrogens with zero attached hydrogens (tertiary/aromatic N) is 2. The Morgan fingerprint density at radius 1 is 1.26 bits per heavy atom. The molecule has 1 saturated carbocycles. The molecule has 2 heterocycles. The van der Waals surface area contributed by atoms with Gasteiger partial charge < -0.3 is 5.32 Å². The first-order valence-corrected chi connectivity index (χ1v) is 9.45. The van der Waals surface area contributed by atoms with E-state index in [1.807, 2.05) is 0 Å². The Morgan fingerprint density at radius 3 is 2.79 bits per heavy atom. The third-order valence-electron chi connectivity index (χ3n) is 2.93. The Kier molecular flexibility index (Phi) is 4.69. The lowest BCUT2D eigenvalue weighted by atomic mass is 10.3. The van der Waals surface area contributed by atoms with E-state index in [-0.39, 0.29) is 0 Å². The predicted octanol–water partition coefficient (Wildman–Crippen LogP) is 4.48. The molecule has 0 atom stereocenters. The van der Waals surface area contributed by atoms with Crippen LogP contribution in [-0.4, -0.2) is 22.8 Å². The zero-order valence-electron chi connectivity index (χ0n) is 10.2. The van der Waals surface area contributed by atoms with Gasteiger partial charge in [0.05, 0.1) is 7.57 Å². The molecule has 2 aromatic rings. The number of hydrogen-bond donors (Lipinski definition) is 1. The Balaban J connectivity index is 1.57. The van der Waals surface area contributed by atoms with E-state index in [9.17, 15) is 0 Å². The van der Waals surface area contributed by atoms with Gasteiger partial charge in [0.1, 0.15) is 10.0 Å². The van der Waals surface area contributed by atoms with Crippen LogP contribution in [0.15, 0.2) is 13.6 Å². The van der Waals surface area contributed by atoms with E-state index < -0.39 is 0 Å². The Morgan fingerprint density at radius 2 is 2.11 bits per heavy atom. The second kappa shape index (κ2) is 6.30. The van der Waals surface area contributed by atoms with Gasteiger partial charge in [0.15, 0.2) is 0 Å². The van der Waals surface area contributed by atoms with Crippen LogP contribution in [0.5, 0.6) is 0 Å². The molecule has 3 rings (SSSR count). The number of rotatable bonds is 6. The van der Waals surface area contributed by atoms with Crippen LogP contribution >= 0.6 is 54.5 Å². The Hall–Kier alpha value is 0.180. The number of hydrogen-bond acceptors (Lipinski definition) is 5. The standard InChI is InChI=1S/C12H13Br2N3S2/c13-9-6-8(11(14)18-9)12-17-16-10(19-12)2-1-5-15-7-3-4-7/h6-7,15H,1-5H2. The van der Waals surface area contributed by atoms with Gasteiger partial charge in [-0.25, -0.2) is 0 Å². The van der Waals surface area contributed by atoms with Gasteiger partial charge in [0, 0.05) is 18.0 Å². The number of halogens is 2. The molecule has 0 aliphatic heterocycles. The second-order valence-electron chi connectivity index (χ2n) is 4.57. The number of aromatic nitrogens is 2. The van der Waals surface area contributed by atoms with Gasteiger partial charge in [-0.15, -0.1) is 21.5 Å². The van der Waals surface area contributed by atoms with E-state index >= 15 is 0 Å². The Labute approximate surface area is 137 Å². The van der Waals surface area contributed by atoms with Gasteiger partial charge in [-0.05, 0) is 63.7 Å². The third kappa shape index (κ3) is 3.85. The lowest BCUT2D eigenvalue weighted by Crippen LogP contribution is -2.17. The summed E-state index contributed by atoms with van der Waals surface area (Å²) in [7, 11) is 0. The minimum absolute atomic E-state index is 0.795. The molecule has 1 aliphatic carbocycles. The zero-order valence-corrected chi connectivity index (χ0v) is 15.0. The topological polar surface area (TPSA) is 37.8 Å². The van der Waals surface area contributed by atoms with Crippen LogP contribution in [0.1, 0.15) is 24.3 Å². The molecule has 0 unspecified atom stereocenters. The monoisotopic (exact) mass is 421 g/mol. The fourth-order valence-electron chi connectivity index (χ4n) is 1.78. The van der Waals surface area contributed by atoms with Crippen molar-refractivity contribution in [2.75, 3.05) is 6.54 Å². The average molecular weight is 423 g/mol. The highest BCUT2D eigenvalue weighted by Crippen LogP contribution is 2.39. The minimum atomic E-state index is 0.795. The molecule has 7 heteroatoms. The first kappa shape index (κ1) is 14.1. The van der Waals surface area contributed by atoms with Crippen LogP contribution in [-0.2, 0) is 6.42 Å². The van der Waals surface area contributed by atoms with E-state index in [2.05, 4.69) is 53.4 Å². The third-order valence-corrected chi connectivity index (χ3v) is 6.29. The molecule has 0 aromatic carbocycles. The molecule has 3 nitrogen and oxygen atoms in total. The SMILES string of the molecule is Brc1cc(-c2nnc(CCCNC3CC3)s2)c(Br)s1. The summed E-state index contributed by atoms with van der Waals surface area (Å²) in [5, 5.41) is 14.2. The number of nitrogens with one attached hydrogen (secondary N) is 1. The summed E-state index contributed by atoms with van der Waals surface area (Å²) in [5.74, 6) is 0. The molecule has 1 aliphatic rings. The maximum Gasteiger partial charge on any atom is 0.149 e. The van der Waals surface area contributed by atoms with Crippen LogP contribution in [0.3, 0.4) is 0 Å². The van der Waals surface area contributed by atoms with Crippen LogP contribution < -0.4 is 5.32 Å². The van der Waals surface area contributed by atoms with E-state index in [0.29, 0.717) is 0 Å². The van der Waals surface area contributed by atoms with E-state index in [0.717, 1.165) is 48.6 Å². The van der Waals surface area contributed by atoms with Crippen LogP contribution in [0.4, 0.5) is 0 Å². The van der Waals surface area contributed by atoms with Crippen molar-refractivity contribution in [2.24, 2.45) is 0 Å². The summed E-state index contributed by atoms with van der Waals surface area (Å²) in [4.78, 5) is 0. The predicted molar refractivity (Wildman–Crippen MR) is 88.0 cm³/mol. The summed E-state index contributed by atoms with van der Waals surface area (Å²) in [6, 6.07) is 2.89. The van der Waals surface area contributed by atoms with Crippen molar-refractivity contribution in [1.82, 2.24) is 15.5 Å². The molecule has 0 spiro atoms. The van der Waals surface area contributed by atoms with Crippen LogP contribution in [0.25, 0.3) is 10.6 Å². The van der Waals surface area contributed by atoms with Crippen molar-refractivity contribution in [3.05, 3.63) is 18.6 Å². The quantitative estimate of drug-likeness (QED) is 0.697. The highest BCUT2D eigenvalue weighted by Gasteiger charge is 2.19. The van der Waals surface area contributed by atoms with Gasteiger partial charge in [0.2, 0.25) is 0 Å². The summed E-state index contributed by atoms with van der Waals surface area (Å²) in [5.41, 5.74) is 1.14. The maximum absolute atomic E-state index is 4.29. The van der Waals surface area contributed by atoms with E-state index in [1.165, 1.54) is 12.8 Å². The van der Waals surface area contributed by atoms with Crippen molar-refractivity contribution in [3.8, 4) is 10.6 Å². The Bertz CT molecular complexity index is 563. The largest absolute Gasteiger partial charge is 0.314 e. The number of thiophene rings is 1. The normalized spacial score (nSPS) is 15.1. The second-order valence-corrected chi connectivity index (χ2v) is 9.38. The highest BCUT2D eigenvalue weighted by atomic mass is 79.9. The number of aryl methyl sites for hydroxylation is 1. The summed E-state index contributed by atoms with van der Waals surface area (Å²) in [6.07, 6.45) is 4.86. The highest BCUT2D eigenvalue weighted by molar-refractivity contribution is 9.12. The van der Waals surface area contributed by atoms with Crippen molar-refractivity contribution < 1.29 is 0 Å². The smallest absolute Gasteiger partial charge is 0.149 e. The lowest BCUT2D eigenvalue weighted by molar-refractivity contribution is 0.643. The van der Waals surface area contributed by atoms with Crippen LogP contribution in [0.2, 0.25) is 0 Å². The molecule has 1 N–H and O–H groups in total. The van der Waals surface area contributed by atoms with Gasteiger partial charge >= 0.3 is 0 Å². The maximum atomic E-state index is 4.29. The summed E-state index contributed by atoms with van der Waals surface area (Å²) >= 11 is 10.4.